The summed E-state index contributed by atoms with van der Waals surface area (Å²) in [4.78, 5) is 4.49. The molecule has 0 spiro atoms. The summed E-state index contributed by atoms with van der Waals surface area (Å²) in [6.07, 6.45) is 2.73. The summed E-state index contributed by atoms with van der Waals surface area (Å²) in [6, 6.07) is 5.65. The van der Waals surface area contributed by atoms with Crippen molar-refractivity contribution in [2.45, 2.75) is 38.7 Å². The largest absolute Gasteiger partial charge is 0.493 e. The van der Waals surface area contributed by atoms with E-state index < -0.39 is 5.60 Å². The molecule has 6 nitrogen and oxygen atoms in total. The number of anilines is 1. The molecule has 0 radical (unpaired) electrons. The van der Waals surface area contributed by atoms with Crippen LogP contribution in [0.1, 0.15) is 33.1 Å². The summed E-state index contributed by atoms with van der Waals surface area (Å²) >= 11 is 0. The minimum atomic E-state index is -0.626. The second-order valence-corrected chi connectivity index (χ2v) is 5.70. The molecule has 0 saturated heterocycles. The van der Waals surface area contributed by atoms with Gasteiger partial charge in [0.2, 0.25) is 0 Å². The molecule has 0 aliphatic heterocycles. The van der Waals surface area contributed by atoms with Crippen molar-refractivity contribution in [1.29, 1.82) is 0 Å². The molecule has 0 atom stereocenters. The molecule has 1 aliphatic carbocycles. The fraction of sp³-hybridized carbons (Fsp3) is 0.588. The first kappa shape index (κ1) is 20.8. The van der Waals surface area contributed by atoms with E-state index in [0.29, 0.717) is 30.6 Å². The number of hydrogen-bond acceptors (Lipinski definition) is 4. The van der Waals surface area contributed by atoms with Crippen LogP contribution in [0.25, 0.3) is 0 Å². The fourth-order valence-electron chi connectivity index (χ4n) is 2.43. The van der Waals surface area contributed by atoms with Crippen LogP contribution in [0.4, 0.5) is 5.69 Å². The maximum atomic E-state index is 10.2. The van der Waals surface area contributed by atoms with Crippen molar-refractivity contribution in [3.05, 3.63) is 18.2 Å². The van der Waals surface area contributed by atoms with Gasteiger partial charge in [-0.25, -0.2) is 0 Å². The van der Waals surface area contributed by atoms with Crippen LogP contribution in [0, 0.1) is 0 Å². The summed E-state index contributed by atoms with van der Waals surface area (Å²) in [5.74, 6) is 2.04. The summed E-state index contributed by atoms with van der Waals surface area (Å²) in [7, 11) is 1.62. The van der Waals surface area contributed by atoms with Crippen LogP contribution in [0.2, 0.25) is 0 Å². The Balaban J connectivity index is 0.00000288. The predicted octanol–water partition coefficient (Wildman–Crippen LogP) is 3.00. The van der Waals surface area contributed by atoms with Crippen LogP contribution in [0.5, 0.6) is 11.5 Å². The van der Waals surface area contributed by atoms with Gasteiger partial charge in [0, 0.05) is 18.3 Å². The van der Waals surface area contributed by atoms with Crippen LogP contribution < -0.4 is 20.1 Å². The zero-order valence-corrected chi connectivity index (χ0v) is 16.9. The molecule has 0 amide bonds. The lowest BCUT2D eigenvalue weighted by Crippen LogP contribution is -2.41. The van der Waals surface area contributed by atoms with Crippen LogP contribution in [-0.4, -0.2) is 43.5 Å². The molecule has 0 heterocycles. The molecule has 7 heteroatoms. The number of nitrogens with one attached hydrogen (secondary N) is 2. The zero-order chi connectivity index (χ0) is 16.7. The maximum absolute atomic E-state index is 10.2. The molecule has 24 heavy (non-hydrogen) atoms. The Morgan fingerprint density at radius 1 is 1.29 bits per heavy atom. The Morgan fingerprint density at radius 3 is 2.58 bits per heavy atom. The molecule has 1 aromatic rings. The SMILES string of the molecule is CCNC(=NCC1(O)CCC1)Nc1ccc(OCC)c(OC)c1.I. The highest BCUT2D eigenvalue weighted by Crippen LogP contribution is 2.32. The molecule has 2 rings (SSSR count). The quantitative estimate of drug-likeness (QED) is 0.339. The Bertz CT molecular complexity index is 548. The molecule has 0 aromatic heterocycles. The first-order chi connectivity index (χ1) is 11.1. The van der Waals surface area contributed by atoms with Crippen molar-refractivity contribution in [3.8, 4) is 11.5 Å². The number of aliphatic hydroxyl groups is 1. The van der Waals surface area contributed by atoms with Crippen LogP contribution >= 0.6 is 24.0 Å². The standard InChI is InChI=1S/C17H27N3O3.HI/c1-4-18-16(19-12-17(21)9-6-10-17)20-13-7-8-14(23-5-2)15(11-13)22-3;/h7-8,11,21H,4-6,9-10,12H2,1-3H3,(H2,18,19,20);1H. The number of nitrogens with zero attached hydrogens (tertiary/aromatic N) is 1. The van der Waals surface area contributed by atoms with Crippen molar-refractivity contribution < 1.29 is 14.6 Å². The van der Waals surface area contributed by atoms with E-state index in [0.717, 1.165) is 31.5 Å². The summed E-state index contributed by atoms with van der Waals surface area (Å²) in [5, 5.41) is 16.6. The summed E-state index contributed by atoms with van der Waals surface area (Å²) in [6.45, 7) is 5.70. The van der Waals surface area contributed by atoms with Crippen molar-refractivity contribution in [1.82, 2.24) is 5.32 Å². The highest BCUT2D eigenvalue weighted by Gasteiger charge is 2.34. The third-order valence-electron chi connectivity index (χ3n) is 3.89. The molecule has 3 N–H and O–H groups in total. The van der Waals surface area contributed by atoms with Gasteiger partial charge in [-0.15, -0.1) is 24.0 Å². The molecule has 1 aromatic carbocycles. The Hall–Kier alpha value is -1.22. The van der Waals surface area contributed by atoms with Gasteiger partial charge in [0.25, 0.3) is 0 Å². The molecule has 136 valence electrons. The molecule has 0 bridgehead atoms. The highest BCUT2D eigenvalue weighted by molar-refractivity contribution is 14.0. The van der Waals surface area contributed by atoms with Crippen LogP contribution in [0.3, 0.4) is 0 Å². The van der Waals surface area contributed by atoms with Crippen LogP contribution in [0.15, 0.2) is 23.2 Å². The van der Waals surface area contributed by atoms with E-state index in [2.05, 4.69) is 15.6 Å². The second kappa shape index (κ2) is 9.93. The van der Waals surface area contributed by atoms with E-state index in [1.807, 2.05) is 32.0 Å². The number of halogens is 1. The van der Waals surface area contributed by atoms with Gasteiger partial charge in [-0.2, -0.15) is 0 Å². The third-order valence-corrected chi connectivity index (χ3v) is 3.89. The smallest absolute Gasteiger partial charge is 0.195 e. The average molecular weight is 449 g/mol. The summed E-state index contributed by atoms with van der Waals surface area (Å²) < 4.78 is 10.9. The van der Waals surface area contributed by atoms with E-state index in [1.165, 1.54) is 0 Å². The van der Waals surface area contributed by atoms with Crippen molar-refractivity contribution in [2.75, 3.05) is 32.1 Å². The van der Waals surface area contributed by atoms with Crippen molar-refractivity contribution in [2.24, 2.45) is 4.99 Å². The zero-order valence-electron chi connectivity index (χ0n) is 14.6. The lowest BCUT2D eigenvalue weighted by molar-refractivity contribution is -0.0235. The Kier molecular flexibility index (Phi) is 8.61. The Morgan fingerprint density at radius 2 is 2.04 bits per heavy atom. The first-order valence-electron chi connectivity index (χ1n) is 8.19. The monoisotopic (exact) mass is 449 g/mol. The van der Waals surface area contributed by atoms with Gasteiger partial charge >= 0.3 is 0 Å². The van der Waals surface area contributed by atoms with Gasteiger partial charge in [-0.05, 0) is 45.2 Å². The lowest BCUT2D eigenvalue weighted by Gasteiger charge is -2.35. The molecule has 1 fully saturated rings. The number of ether oxygens (including phenoxy) is 2. The highest BCUT2D eigenvalue weighted by atomic mass is 127. The number of hydrogen-bond donors (Lipinski definition) is 3. The van der Waals surface area contributed by atoms with E-state index in [4.69, 9.17) is 9.47 Å². The second-order valence-electron chi connectivity index (χ2n) is 5.70. The van der Waals surface area contributed by atoms with E-state index >= 15 is 0 Å². The minimum Gasteiger partial charge on any atom is -0.493 e. The van der Waals surface area contributed by atoms with Gasteiger partial charge < -0.3 is 25.2 Å². The molecule has 1 saturated carbocycles. The summed E-state index contributed by atoms with van der Waals surface area (Å²) in [5.41, 5.74) is 0.226. The normalized spacial score (nSPS) is 15.8. The van der Waals surface area contributed by atoms with Gasteiger partial charge in [0.15, 0.2) is 17.5 Å². The minimum absolute atomic E-state index is 0. The lowest BCUT2D eigenvalue weighted by atomic mass is 9.80. The van der Waals surface area contributed by atoms with E-state index in [9.17, 15) is 5.11 Å². The predicted molar refractivity (Wildman–Crippen MR) is 108 cm³/mol. The number of aliphatic imine (C=N–C) groups is 1. The van der Waals surface area contributed by atoms with Crippen molar-refractivity contribution in [3.63, 3.8) is 0 Å². The number of rotatable bonds is 7. The maximum Gasteiger partial charge on any atom is 0.195 e. The van der Waals surface area contributed by atoms with Gasteiger partial charge in [0.05, 0.1) is 25.9 Å². The van der Waals surface area contributed by atoms with Gasteiger partial charge in [-0.3, -0.25) is 4.99 Å². The van der Waals surface area contributed by atoms with Gasteiger partial charge in [0.1, 0.15) is 0 Å². The van der Waals surface area contributed by atoms with Crippen LogP contribution in [-0.2, 0) is 0 Å². The molecule has 1 aliphatic rings. The number of benzene rings is 1. The van der Waals surface area contributed by atoms with E-state index in [1.54, 1.807) is 7.11 Å². The number of methoxy groups -OCH3 is 1. The molecular weight excluding hydrogens is 421 g/mol. The average Bonchev–Trinajstić information content (AvgIpc) is 2.52. The molecule has 0 unspecified atom stereocenters. The van der Waals surface area contributed by atoms with Crippen molar-refractivity contribution >= 4 is 35.6 Å². The first-order valence-corrected chi connectivity index (χ1v) is 8.19. The Labute approximate surface area is 161 Å². The van der Waals surface area contributed by atoms with Gasteiger partial charge in [-0.1, -0.05) is 0 Å². The topological polar surface area (TPSA) is 75.1 Å². The van der Waals surface area contributed by atoms with E-state index in [-0.39, 0.29) is 24.0 Å². The number of guanidine groups is 1. The fourth-order valence-corrected chi connectivity index (χ4v) is 2.43. The molecular formula is C17H28IN3O3. The third kappa shape index (κ3) is 5.70.